The summed E-state index contributed by atoms with van der Waals surface area (Å²) in [7, 11) is 0. The maximum Gasteiger partial charge on any atom is 0.256 e. The highest BCUT2D eigenvalue weighted by Gasteiger charge is 2.49. The summed E-state index contributed by atoms with van der Waals surface area (Å²) in [5.41, 5.74) is 17.1. The maximum absolute atomic E-state index is 7.02. The summed E-state index contributed by atoms with van der Waals surface area (Å²) in [6, 6.07) is 58.4. The highest BCUT2D eigenvalue weighted by Crippen LogP contribution is 2.57. The van der Waals surface area contributed by atoms with Crippen LogP contribution in [0.25, 0.3) is 0 Å². The van der Waals surface area contributed by atoms with Crippen LogP contribution in [0.2, 0.25) is 0 Å². The van der Waals surface area contributed by atoms with Gasteiger partial charge in [0.1, 0.15) is 23.0 Å². The Kier molecular flexibility index (Phi) is 5.33. The van der Waals surface area contributed by atoms with Gasteiger partial charge in [-0.3, -0.25) is 0 Å². The van der Waals surface area contributed by atoms with Crippen LogP contribution in [0.1, 0.15) is 0 Å². The van der Waals surface area contributed by atoms with Gasteiger partial charge in [-0.1, -0.05) is 84.9 Å². The number of hydrogen-bond donors (Lipinski definition) is 0. The second-order valence-electron chi connectivity index (χ2n) is 15.2. The van der Waals surface area contributed by atoms with Crippen LogP contribution in [0, 0.1) is 0 Å². The fraction of sp³-hybridized carbons (Fsp3) is 0. The molecule has 8 heteroatoms. The SMILES string of the molecule is c1ccc(N2c3ccccc3N3c4ccccc4B4c5cc6c(cc5Oc5ccc2c3c54)Oc2ccc3c4c2B6c2ccccc2N4c2ccccc2O3)cc1. The Morgan fingerprint density at radius 2 is 0.804 bits per heavy atom. The summed E-state index contributed by atoms with van der Waals surface area (Å²) < 4.78 is 20.5. The van der Waals surface area contributed by atoms with E-state index in [1.807, 2.05) is 18.2 Å². The van der Waals surface area contributed by atoms with Gasteiger partial charge in [0.15, 0.2) is 11.5 Å². The summed E-state index contributed by atoms with van der Waals surface area (Å²) in [5, 5.41) is 0. The molecule has 0 spiro atoms. The molecule has 0 unspecified atom stereocenters. The van der Waals surface area contributed by atoms with E-state index in [1.165, 1.54) is 22.1 Å². The van der Waals surface area contributed by atoms with E-state index in [1.54, 1.807) is 0 Å². The number of fused-ring (bicyclic) bond motifs is 14. The quantitative estimate of drug-likeness (QED) is 0.159. The molecule has 258 valence electrons. The van der Waals surface area contributed by atoms with Crippen molar-refractivity contribution >= 4 is 97.4 Å². The second kappa shape index (κ2) is 10.3. The Hall–Kier alpha value is -7.31. The molecule has 0 aromatic heterocycles. The van der Waals surface area contributed by atoms with E-state index in [-0.39, 0.29) is 13.4 Å². The van der Waals surface area contributed by atoms with Gasteiger partial charge in [-0.05, 0) is 100 Å². The molecule has 6 aliphatic rings. The van der Waals surface area contributed by atoms with Crippen LogP contribution >= 0.6 is 0 Å². The number of para-hydroxylation sites is 7. The number of anilines is 9. The molecule has 0 N–H and O–H groups in total. The molecule has 6 aliphatic heterocycles. The van der Waals surface area contributed by atoms with Gasteiger partial charge in [0.25, 0.3) is 13.4 Å². The zero-order valence-corrected chi connectivity index (χ0v) is 29.8. The van der Waals surface area contributed by atoms with Crippen LogP contribution < -0.4 is 61.7 Å². The molecule has 0 atom stereocenters. The third-order valence-electron chi connectivity index (χ3n) is 12.4. The minimum atomic E-state index is -0.0721. The molecule has 0 bridgehead atoms. The number of rotatable bonds is 1. The fourth-order valence-electron chi connectivity index (χ4n) is 10.3. The van der Waals surface area contributed by atoms with Crippen molar-refractivity contribution in [2.45, 2.75) is 0 Å². The Labute approximate surface area is 323 Å². The van der Waals surface area contributed by atoms with Crippen molar-refractivity contribution < 1.29 is 14.2 Å². The first-order valence-electron chi connectivity index (χ1n) is 19.2. The van der Waals surface area contributed by atoms with Crippen molar-refractivity contribution in [1.82, 2.24) is 0 Å². The van der Waals surface area contributed by atoms with Crippen LogP contribution in [-0.2, 0) is 0 Å². The molecule has 0 radical (unpaired) electrons. The van der Waals surface area contributed by atoms with Gasteiger partial charge in [0.2, 0.25) is 0 Å². The Bertz CT molecular complexity index is 3080. The molecular weight excluding hydrogens is 688 g/mol. The van der Waals surface area contributed by atoms with E-state index in [0.717, 1.165) is 96.4 Å². The first-order valence-corrected chi connectivity index (χ1v) is 19.2. The van der Waals surface area contributed by atoms with E-state index in [2.05, 4.69) is 160 Å². The summed E-state index contributed by atoms with van der Waals surface area (Å²) in [6.07, 6.45) is 0. The van der Waals surface area contributed by atoms with Crippen LogP contribution in [0.4, 0.5) is 51.2 Å². The first-order chi connectivity index (χ1) is 27.8. The monoisotopic (exact) mass is 715 g/mol. The Morgan fingerprint density at radius 1 is 0.304 bits per heavy atom. The lowest BCUT2D eigenvalue weighted by Crippen LogP contribution is -2.63. The molecule has 0 fully saturated rings. The van der Waals surface area contributed by atoms with E-state index in [0.29, 0.717) is 0 Å². The zero-order valence-electron chi connectivity index (χ0n) is 29.8. The summed E-state index contributed by atoms with van der Waals surface area (Å²) in [6.45, 7) is -0.141. The normalized spacial score (nSPS) is 14.7. The number of ether oxygens (including phenoxy) is 3. The number of hydrogen-bond acceptors (Lipinski definition) is 6. The second-order valence-corrected chi connectivity index (χ2v) is 15.2. The summed E-state index contributed by atoms with van der Waals surface area (Å²) in [5.74, 6) is 5.03. The molecule has 14 rings (SSSR count). The average Bonchev–Trinajstić information content (AvgIpc) is 3.26. The lowest BCUT2D eigenvalue weighted by Gasteiger charge is -2.47. The van der Waals surface area contributed by atoms with Crippen molar-refractivity contribution in [2.75, 3.05) is 14.7 Å². The van der Waals surface area contributed by atoms with Crippen molar-refractivity contribution in [2.24, 2.45) is 0 Å². The molecule has 6 heterocycles. The minimum Gasteiger partial charge on any atom is -0.458 e. The highest BCUT2D eigenvalue weighted by molar-refractivity contribution is 7.02. The first kappa shape index (κ1) is 29.1. The van der Waals surface area contributed by atoms with Gasteiger partial charge in [0.05, 0.1) is 34.1 Å². The standard InChI is InChI=1S/C48H27B2N3O3/c1-2-12-28(13-3-1)51-35-18-8-9-19-36(35)52-33-16-6-4-14-29(33)49-31-26-32-44(27-43(31)55-40-23-22-38(51)47(52)45(40)49)56-41-24-25-42-48-46(41)50(32)30-15-5-7-17-34(30)53(48)37-20-10-11-21-39(37)54-42/h1-27H. The predicted octanol–water partition coefficient (Wildman–Crippen LogP) is 8.39. The third kappa shape index (κ3) is 3.51. The van der Waals surface area contributed by atoms with E-state index in [9.17, 15) is 0 Å². The molecule has 8 aromatic rings. The Morgan fingerprint density at radius 3 is 1.50 bits per heavy atom. The molecule has 6 nitrogen and oxygen atoms in total. The lowest BCUT2D eigenvalue weighted by atomic mass is 9.31. The minimum absolute atomic E-state index is 0.0686. The molecular formula is C48H27B2N3O3. The van der Waals surface area contributed by atoms with Crippen LogP contribution in [0.3, 0.4) is 0 Å². The lowest BCUT2D eigenvalue weighted by molar-refractivity contribution is 0.460. The molecule has 0 amide bonds. The van der Waals surface area contributed by atoms with Gasteiger partial charge < -0.3 is 28.9 Å². The smallest absolute Gasteiger partial charge is 0.256 e. The molecule has 8 aromatic carbocycles. The van der Waals surface area contributed by atoms with E-state index in [4.69, 9.17) is 14.2 Å². The van der Waals surface area contributed by atoms with Gasteiger partial charge in [0, 0.05) is 28.6 Å². The molecule has 0 saturated carbocycles. The zero-order chi connectivity index (χ0) is 36.2. The highest BCUT2D eigenvalue weighted by atomic mass is 16.5. The number of benzene rings is 8. The van der Waals surface area contributed by atoms with Gasteiger partial charge >= 0.3 is 0 Å². The fourth-order valence-corrected chi connectivity index (χ4v) is 10.3. The van der Waals surface area contributed by atoms with Crippen LogP contribution in [0.5, 0.6) is 34.5 Å². The van der Waals surface area contributed by atoms with Gasteiger partial charge in [-0.15, -0.1) is 0 Å². The van der Waals surface area contributed by atoms with Crippen molar-refractivity contribution in [3.05, 3.63) is 164 Å². The summed E-state index contributed by atoms with van der Waals surface area (Å²) >= 11 is 0. The van der Waals surface area contributed by atoms with Crippen LogP contribution in [0.15, 0.2) is 164 Å². The van der Waals surface area contributed by atoms with Gasteiger partial charge in [-0.25, -0.2) is 0 Å². The third-order valence-corrected chi connectivity index (χ3v) is 12.4. The predicted molar refractivity (Wildman–Crippen MR) is 226 cm³/mol. The molecule has 0 saturated heterocycles. The van der Waals surface area contributed by atoms with Crippen molar-refractivity contribution in [1.29, 1.82) is 0 Å². The largest absolute Gasteiger partial charge is 0.458 e. The van der Waals surface area contributed by atoms with Gasteiger partial charge in [-0.2, -0.15) is 0 Å². The van der Waals surface area contributed by atoms with Crippen LogP contribution in [-0.4, -0.2) is 13.4 Å². The number of nitrogens with zero attached hydrogens (tertiary/aromatic N) is 3. The van der Waals surface area contributed by atoms with Crippen molar-refractivity contribution in [3.8, 4) is 34.5 Å². The Balaban J connectivity index is 1.02. The van der Waals surface area contributed by atoms with E-state index >= 15 is 0 Å². The molecule has 56 heavy (non-hydrogen) atoms. The average molecular weight is 715 g/mol. The molecule has 0 aliphatic carbocycles. The summed E-state index contributed by atoms with van der Waals surface area (Å²) in [4.78, 5) is 7.21. The van der Waals surface area contributed by atoms with Crippen molar-refractivity contribution in [3.63, 3.8) is 0 Å². The van der Waals surface area contributed by atoms with E-state index < -0.39 is 0 Å². The maximum atomic E-state index is 7.02. The topological polar surface area (TPSA) is 37.4 Å².